The lowest BCUT2D eigenvalue weighted by atomic mass is 9.90. The molecular formula is C19H17N3O3. The summed E-state index contributed by atoms with van der Waals surface area (Å²) >= 11 is 0. The topological polar surface area (TPSA) is 94.8 Å². The quantitative estimate of drug-likeness (QED) is 0.627. The third-order valence-electron chi connectivity index (χ3n) is 4.63. The summed E-state index contributed by atoms with van der Waals surface area (Å²) in [5, 5.41) is 2.97. The van der Waals surface area contributed by atoms with Gasteiger partial charge in [0.25, 0.3) is 5.91 Å². The van der Waals surface area contributed by atoms with Gasteiger partial charge in [0, 0.05) is 11.3 Å². The van der Waals surface area contributed by atoms with Gasteiger partial charge in [-0.3, -0.25) is 14.4 Å². The molecule has 3 aromatic rings. The Balaban J connectivity index is 1.68. The molecule has 0 fully saturated rings. The van der Waals surface area contributed by atoms with Crippen LogP contribution in [0.5, 0.6) is 0 Å². The van der Waals surface area contributed by atoms with Crippen molar-refractivity contribution in [3.8, 4) is 0 Å². The van der Waals surface area contributed by atoms with Crippen LogP contribution in [0.2, 0.25) is 0 Å². The fraction of sp³-hybridized carbons (Fsp3) is 0.211. The molecule has 0 saturated carbocycles. The van der Waals surface area contributed by atoms with Gasteiger partial charge in [-0.2, -0.15) is 0 Å². The summed E-state index contributed by atoms with van der Waals surface area (Å²) in [5.74, 6) is -0.243. The molecule has 3 N–H and O–H groups in total. The van der Waals surface area contributed by atoms with E-state index in [-0.39, 0.29) is 5.91 Å². The lowest BCUT2D eigenvalue weighted by Gasteiger charge is -2.19. The highest BCUT2D eigenvalue weighted by Gasteiger charge is 2.15. The van der Waals surface area contributed by atoms with Crippen LogP contribution >= 0.6 is 0 Å². The van der Waals surface area contributed by atoms with Crippen molar-refractivity contribution in [2.75, 3.05) is 5.32 Å². The minimum atomic E-state index is -0.734. The standard InChI is InChI=1S/C19H17N3O3/c23-17(20-14-7-3-5-11-4-1-2-6-13(11)14)12-8-9-15-16(10-12)22-19(25)18(24)21-15/h3,5,7-10H,1-2,4,6H2,(H,20,23)(H,21,24)(H,22,25). The van der Waals surface area contributed by atoms with Crippen LogP contribution in [-0.4, -0.2) is 15.9 Å². The Labute approximate surface area is 142 Å². The van der Waals surface area contributed by atoms with E-state index in [4.69, 9.17) is 0 Å². The summed E-state index contributed by atoms with van der Waals surface area (Å²) in [6.45, 7) is 0. The molecule has 0 atom stereocenters. The number of hydrogen-bond acceptors (Lipinski definition) is 3. The van der Waals surface area contributed by atoms with E-state index in [1.807, 2.05) is 12.1 Å². The molecule has 1 aliphatic carbocycles. The number of nitrogens with one attached hydrogen (secondary N) is 3. The van der Waals surface area contributed by atoms with E-state index in [1.54, 1.807) is 18.2 Å². The number of anilines is 1. The van der Waals surface area contributed by atoms with E-state index < -0.39 is 11.1 Å². The summed E-state index contributed by atoms with van der Waals surface area (Å²) in [6, 6.07) is 10.8. The van der Waals surface area contributed by atoms with E-state index in [9.17, 15) is 14.4 Å². The van der Waals surface area contributed by atoms with Crippen LogP contribution in [-0.2, 0) is 12.8 Å². The van der Waals surface area contributed by atoms with Gasteiger partial charge >= 0.3 is 11.1 Å². The summed E-state index contributed by atoms with van der Waals surface area (Å²) in [4.78, 5) is 40.4. The predicted octanol–water partition coefficient (Wildman–Crippen LogP) is 2.35. The van der Waals surface area contributed by atoms with Gasteiger partial charge in [-0.05, 0) is 61.1 Å². The number of carbonyl (C=O) groups is 1. The van der Waals surface area contributed by atoms with Crippen molar-refractivity contribution >= 4 is 22.6 Å². The van der Waals surface area contributed by atoms with Crippen molar-refractivity contribution in [1.82, 2.24) is 9.97 Å². The molecule has 1 amide bonds. The highest BCUT2D eigenvalue weighted by atomic mass is 16.2. The minimum absolute atomic E-state index is 0.243. The monoisotopic (exact) mass is 335 g/mol. The first-order chi connectivity index (χ1) is 12.1. The van der Waals surface area contributed by atoms with Gasteiger partial charge in [0.2, 0.25) is 0 Å². The zero-order chi connectivity index (χ0) is 17.4. The molecule has 0 saturated heterocycles. The summed E-state index contributed by atoms with van der Waals surface area (Å²) in [7, 11) is 0. The molecule has 25 heavy (non-hydrogen) atoms. The van der Waals surface area contributed by atoms with Gasteiger partial charge < -0.3 is 15.3 Å². The number of aryl methyl sites for hydroxylation is 1. The maximum absolute atomic E-state index is 12.6. The zero-order valence-electron chi connectivity index (χ0n) is 13.5. The number of aromatic nitrogens is 2. The predicted molar refractivity (Wildman–Crippen MR) is 96.2 cm³/mol. The highest BCUT2D eigenvalue weighted by Crippen LogP contribution is 2.28. The maximum Gasteiger partial charge on any atom is 0.314 e. The highest BCUT2D eigenvalue weighted by molar-refractivity contribution is 6.06. The van der Waals surface area contributed by atoms with Crippen LogP contribution in [0.15, 0.2) is 46.0 Å². The van der Waals surface area contributed by atoms with Gasteiger partial charge in [-0.15, -0.1) is 0 Å². The van der Waals surface area contributed by atoms with Crippen molar-refractivity contribution in [3.63, 3.8) is 0 Å². The Kier molecular flexibility index (Phi) is 3.72. The van der Waals surface area contributed by atoms with Crippen molar-refractivity contribution in [1.29, 1.82) is 0 Å². The number of H-pyrrole nitrogens is 2. The number of hydrogen-bond donors (Lipinski definition) is 3. The van der Waals surface area contributed by atoms with E-state index in [1.165, 1.54) is 17.5 Å². The molecule has 1 aliphatic rings. The van der Waals surface area contributed by atoms with E-state index in [0.717, 1.165) is 24.9 Å². The third kappa shape index (κ3) is 2.87. The Bertz CT molecular complexity index is 1100. The molecule has 126 valence electrons. The molecule has 2 aromatic carbocycles. The van der Waals surface area contributed by atoms with E-state index >= 15 is 0 Å². The lowest BCUT2D eigenvalue weighted by molar-refractivity contribution is 0.102. The average molecular weight is 335 g/mol. The van der Waals surface area contributed by atoms with Crippen LogP contribution in [0.3, 0.4) is 0 Å². The zero-order valence-corrected chi connectivity index (χ0v) is 13.5. The molecule has 1 heterocycles. The van der Waals surface area contributed by atoms with Crippen molar-refractivity contribution in [2.24, 2.45) is 0 Å². The SMILES string of the molecule is O=C(Nc1cccc2c1CCCC2)c1ccc2[nH]c(=O)c(=O)[nH]c2c1. The van der Waals surface area contributed by atoms with Gasteiger partial charge in [0.1, 0.15) is 0 Å². The molecule has 6 heteroatoms. The Morgan fingerprint density at radius 1 is 0.920 bits per heavy atom. The number of carbonyl (C=O) groups excluding carboxylic acids is 1. The van der Waals surface area contributed by atoms with Gasteiger partial charge in [-0.25, -0.2) is 0 Å². The summed E-state index contributed by atoms with van der Waals surface area (Å²) in [5.41, 5.74) is 3.24. The Morgan fingerprint density at radius 2 is 1.68 bits per heavy atom. The second-order valence-electron chi connectivity index (χ2n) is 6.27. The van der Waals surface area contributed by atoms with Gasteiger partial charge in [0.05, 0.1) is 11.0 Å². The molecule has 0 radical (unpaired) electrons. The normalized spacial score (nSPS) is 13.4. The Hall–Kier alpha value is -3.15. The molecular weight excluding hydrogens is 318 g/mol. The van der Waals surface area contributed by atoms with E-state index in [2.05, 4.69) is 21.4 Å². The second kappa shape index (κ2) is 6.05. The molecule has 4 rings (SSSR count). The van der Waals surface area contributed by atoms with Crippen molar-refractivity contribution in [3.05, 3.63) is 73.8 Å². The lowest BCUT2D eigenvalue weighted by Crippen LogP contribution is -2.29. The van der Waals surface area contributed by atoms with Crippen molar-refractivity contribution in [2.45, 2.75) is 25.7 Å². The number of benzene rings is 2. The molecule has 0 bridgehead atoms. The molecule has 6 nitrogen and oxygen atoms in total. The van der Waals surface area contributed by atoms with Crippen LogP contribution in [0, 0.1) is 0 Å². The first kappa shape index (κ1) is 15.4. The molecule has 0 aliphatic heterocycles. The second-order valence-corrected chi connectivity index (χ2v) is 6.27. The number of aromatic amines is 2. The fourth-order valence-electron chi connectivity index (χ4n) is 3.35. The number of rotatable bonds is 2. The van der Waals surface area contributed by atoms with Crippen molar-refractivity contribution < 1.29 is 4.79 Å². The van der Waals surface area contributed by atoms with Gasteiger partial charge in [0.15, 0.2) is 0 Å². The molecule has 1 aromatic heterocycles. The smallest absolute Gasteiger partial charge is 0.314 e. The van der Waals surface area contributed by atoms with Crippen LogP contribution < -0.4 is 16.4 Å². The number of amides is 1. The summed E-state index contributed by atoms with van der Waals surface area (Å²) in [6.07, 6.45) is 4.33. The van der Waals surface area contributed by atoms with Crippen LogP contribution in [0.25, 0.3) is 11.0 Å². The Morgan fingerprint density at radius 3 is 2.52 bits per heavy atom. The molecule has 0 spiro atoms. The first-order valence-electron chi connectivity index (χ1n) is 8.30. The summed E-state index contributed by atoms with van der Waals surface area (Å²) < 4.78 is 0. The third-order valence-corrected chi connectivity index (χ3v) is 4.63. The number of fused-ring (bicyclic) bond motifs is 2. The fourth-order valence-corrected chi connectivity index (χ4v) is 3.35. The maximum atomic E-state index is 12.6. The largest absolute Gasteiger partial charge is 0.322 e. The van der Waals surface area contributed by atoms with Gasteiger partial charge in [-0.1, -0.05) is 12.1 Å². The first-order valence-corrected chi connectivity index (χ1v) is 8.30. The molecule has 0 unspecified atom stereocenters. The average Bonchev–Trinajstić information content (AvgIpc) is 2.62. The minimum Gasteiger partial charge on any atom is -0.322 e. The van der Waals surface area contributed by atoms with E-state index in [0.29, 0.717) is 16.6 Å². The van der Waals surface area contributed by atoms with Crippen LogP contribution in [0.1, 0.15) is 34.3 Å². The van der Waals surface area contributed by atoms with Crippen LogP contribution in [0.4, 0.5) is 5.69 Å².